The molecule has 0 amide bonds. The first-order valence-electron chi connectivity index (χ1n) is 26.6. The van der Waals surface area contributed by atoms with Gasteiger partial charge in [0, 0.05) is 0 Å². The van der Waals surface area contributed by atoms with E-state index in [0.29, 0.717) is 23.9 Å². The molecule has 2 aliphatic heterocycles. The predicted octanol–water partition coefficient (Wildman–Crippen LogP) is 13.9. The smallest absolute Gasteiger partial charge is 0.0620 e. The van der Waals surface area contributed by atoms with Gasteiger partial charge in [0.05, 0.1) is 12.1 Å². The van der Waals surface area contributed by atoms with Crippen LogP contribution < -0.4 is 42.4 Å². The molecule has 6 heteroatoms. The highest BCUT2D eigenvalue weighted by Gasteiger charge is 2.83. The molecule has 4 aliphatic rings. The molecule has 8 aromatic carbocycles. The Kier molecular flexibility index (Phi) is 13.4. The van der Waals surface area contributed by atoms with Crippen LogP contribution in [0.5, 0.6) is 0 Å². The standard InChI is InChI=1S/C65H70N2P4/c1-52-47-54(43-45-64(52)66-68(56-27-11-3-12-28-56,57-29-13-4-14-30-57)50-69(66,58-31-15-5-16-32-58)59-33-17-6-18-34-59)49-55-44-46-65(53(2)48-55)67-70(60-35-19-7-20-36-60,61-37-21-8-22-38-61)51-71(67,62-39-23-9-24-40-62)63-41-25-10-26-42-63/h3-42,52-55,64-65H,43-51H2,1-2H3/q+4. The fourth-order valence-corrected chi connectivity index (χ4v) is 43.8. The van der Waals surface area contributed by atoms with Crippen LogP contribution in [0.15, 0.2) is 243 Å². The minimum atomic E-state index is -1.95. The maximum atomic E-state index is 3.28. The van der Waals surface area contributed by atoms with Crippen LogP contribution in [0.2, 0.25) is 0 Å². The van der Waals surface area contributed by atoms with Crippen LogP contribution in [0.4, 0.5) is 0 Å². The molecule has 2 saturated heterocycles. The summed E-state index contributed by atoms with van der Waals surface area (Å²) in [6, 6.07) is 95.2. The SMILES string of the molecule is CC1CC(CC2CCC(N3[P+](c4ccccc4)(c4ccccc4)C[P+]3(c3ccccc3)c3ccccc3)C(C)C2)CCC1N1[P+](c2ccccc2)(c2ccccc2)C[P+]1(c1ccccc1)c1ccccc1. The second-order valence-corrected chi connectivity index (χ2v) is 36.3. The quantitative estimate of drug-likeness (QED) is 0.113. The number of rotatable bonds is 12. The minimum absolute atomic E-state index is 0.518. The van der Waals surface area contributed by atoms with Crippen molar-refractivity contribution in [2.45, 2.75) is 70.9 Å². The molecular formula is C65H70N2P4+4. The third-order valence-corrected chi connectivity index (χ3v) is 40.8. The van der Waals surface area contributed by atoms with E-state index < -0.39 is 29.7 Å². The summed E-state index contributed by atoms with van der Waals surface area (Å²) in [5, 5.41) is 12.4. The van der Waals surface area contributed by atoms with E-state index in [4.69, 9.17) is 0 Å². The molecule has 0 spiro atoms. The van der Waals surface area contributed by atoms with Crippen molar-refractivity contribution in [3.8, 4) is 0 Å². The van der Waals surface area contributed by atoms with Crippen molar-refractivity contribution in [3.05, 3.63) is 243 Å². The van der Waals surface area contributed by atoms with E-state index >= 15 is 0 Å². The van der Waals surface area contributed by atoms with Crippen molar-refractivity contribution in [2.75, 3.05) is 11.8 Å². The molecule has 71 heavy (non-hydrogen) atoms. The van der Waals surface area contributed by atoms with Crippen LogP contribution in [0, 0.1) is 23.7 Å². The van der Waals surface area contributed by atoms with E-state index in [-0.39, 0.29) is 0 Å². The molecule has 12 rings (SSSR count). The summed E-state index contributed by atoms with van der Waals surface area (Å²) in [4.78, 5) is 0. The van der Waals surface area contributed by atoms with Gasteiger partial charge in [0.15, 0.2) is 0 Å². The number of hydrogen-bond donors (Lipinski definition) is 0. The average molecular weight is 1000 g/mol. The monoisotopic (exact) mass is 1000 g/mol. The second-order valence-electron chi connectivity index (χ2n) is 21.4. The minimum Gasteiger partial charge on any atom is -0.0620 e. The van der Waals surface area contributed by atoms with Crippen molar-refractivity contribution >= 4 is 72.1 Å². The van der Waals surface area contributed by atoms with Crippen molar-refractivity contribution in [3.63, 3.8) is 0 Å². The summed E-state index contributed by atoms with van der Waals surface area (Å²) < 4.78 is 6.56. The lowest BCUT2D eigenvalue weighted by Gasteiger charge is -2.56. The lowest BCUT2D eigenvalue weighted by Crippen LogP contribution is -2.60. The van der Waals surface area contributed by atoms with Gasteiger partial charge in [-0.05, 0) is 175 Å². The molecule has 356 valence electrons. The van der Waals surface area contributed by atoms with Crippen molar-refractivity contribution in [1.29, 1.82) is 0 Å². The Bertz CT molecular complexity index is 2440. The highest BCUT2D eigenvalue weighted by atomic mass is 31.3. The Labute approximate surface area is 427 Å². The maximum absolute atomic E-state index is 3.28. The second kappa shape index (κ2) is 20.0. The van der Waals surface area contributed by atoms with Crippen LogP contribution >= 0.6 is 29.7 Å². The summed E-state index contributed by atoms with van der Waals surface area (Å²) >= 11 is 0. The van der Waals surface area contributed by atoms with Crippen molar-refractivity contribution in [2.24, 2.45) is 23.7 Å². The molecule has 0 N–H and O–H groups in total. The highest BCUT2D eigenvalue weighted by molar-refractivity contribution is 8.15. The summed E-state index contributed by atoms with van der Waals surface area (Å²) in [5.74, 6) is 5.19. The first-order valence-corrected chi connectivity index (χ1v) is 34.3. The normalized spacial score (nSPS) is 25.5. The van der Waals surface area contributed by atoms with Gasteiger partial charge in [-0.2, -0.15) is 0 Å². The number of hydrogen-bond acceptors (Lipinski definition) is 2. The van der Waals surface area contributed by atoms with E-state index in [0.717, 1.165) is 11.8 Å². The van der Waals surface area contributed by atoms with Crippen LogP contribution in [0.25, 0.3) is 0 Å². The van der Waals surface area contributed by atoms with Crippen LogP contribution in [-0.4, -0.2) is 32.8 Å². The summed E-state index contributed by atoms with van der Waals surface area (Å²) in [7, 11) is -7.79. The largest absolute Gasteiger partial charge is 0.227 e. The first kappa shape index (κ1) is 47.4. The van der Waals surface area contributed by atoms with E-state index in [2.05, 4.69) is 265 Å². The molecule has 6 unspecified atom stereocenters. The van der Waals surface area contributed by atoms with Gasteiger partial charge in [-0.3, -0.25) is 0 Å². The van der Waals surface area contributed by atoms with E-state index in [1.54, 1.807) is 42.4 Å². The molecule has 0 bridgehead atoms. The van der Waals surface area contributed by atoms with Gasteiger partial charge < -0.3 is 0 Å². The zero-order valence-corrected chi connectivity index (χ0v) is 45.2. The lowest BCUT2D eigenvalue weighted by atomic mass is 9.71. The fourth-order valence-electron chi connectivity index (χ4n) is 14.4. The first-order chi connectivity index (χ1) is 35.0. The molecule has 0 radical (unpaired) electrons. The fraction of sp³-hybridized carbons (Fsp3) is 0.262. The Morgan fingerprint density at radius 2 is 0.493 bits per heavy atom. The van der Waals surface area contributed by atoms with Crippen molar-refractivity contribution < 1.29 is 0 Å². The molecule has 2 saturated carbocycles. The lowest BCUT2D eigenvalue weighted by molar-refractivity contribution is 0.135. The molecule has 0 aromatic heterocycles. The van der Waals surface area contributed by atoms with Gasteiger partial charge in [0.25, 0.3) is 0 Å². The van der Waals surface area contributed by atoms with E-state index in [9.17, 15) is 0 Å². The van der Waals surface area contributed by atoms with E-state index in [1.807, 2.05) is 0 Å². The molecular weight excluding hydrogens is 933 g/mol. The van der Waals surface area contributed by atoms with Gasteiger partial charge in [0.2, 0.25) is 41.5 Å². The summed E-state index contributed by atoms with van der Waals surface area (Å²) in [5.41, 5.74) is 0. The van der Waals surface area contributed by atoms with Gasteiger partial charge >= 0.3 is 0 Å². The molecule has 2 aliphatic carbocycles. The number of benzene rings is 8. The molecule has 4 fully saturated rings. The topological polar surface area (TPSA) is 6.48 Å². The highest BCUT2D eigenvalue weighted by Crippen LogP contribution is 2.94. The summed E-state index contributed by atoms with van der Waals surface area (Å²) in [6.07, 6.45) is 9.22. The van der Waals surface area contributed by atoms with Crippen LogP contribution in [0.3, 0.4) is 0 Å². The predicted molar refractivity (Wildman–Crippen MR) is 315 cm³/mol. The summed E-state index contributed by atoms with van der Waals surface area (Å²) in [6.45, 7) is 5.31. The molecule has 6 atom stereocenters. The molecule has 8 aromatic rings. The van der Waals surface area contributed by atoms with Crippen LogP contribution in [0.1, 0.15) is 58.8 Å². The third-order valence-electron chi connectivity index (χ3n) is 17.4. The zero-order chi connectivity index (χ0) is 47.9. The molecule has 2 nitrogen and oxygen atoms in total. The Balaban J connectivity index is 0.861. The third kappa shape index (κ3) is 7.99. The Morgan fingerprint density at radius 1 is 0.296 bits per heavy atom. The van der Waals surface area contributed by atoms with E-state index in [1.165, 1.54) is 56.8 Å². The van der Waals surface area contributed by atoms with Gasteiger partial charge in [-0.25, -0.2) is 0 Å². The van der Waals surface area contributed by atoms with Crippen LogP contribution in [-0.2, 0) is 0 Å². The maximum Gasteiger partial charge on any atom is 0.227 e. The number of nitrogens with zero attached hydrogens (tertiary/aromatic N) is 2. The van der Waals surface area contributed by atoms with Crippen molar-refractivity contribution in [1.82, 2.24) is 8.88 Å². The van der Waals surface area contributed by atoms with Gasteiger partial charge in [0.1, 0.15) is 42.4 Å². The Morgan fingerprint density at radius 3 is 0.676 bits per heavy atom. The Hall–Kier alpha value is -4.60. The molecule has 2 heterocycles. The average Bonchev–Trinajstić information content (AvgIpc) is 3.43. The zero-order valence-electron chi connectivity index (χ0n) is 41.6. The van der Waals surface area contributed by atoms with Gasteiger partial charge in [-0.1, -0.05) is 159 Å². The van der Waals surface area contributed by atoms with Gasteiger partial charge in [-0.15, -0.1) is 0 Å².